The van der Waals surface area contributed by atoms with E-state index in [4.69, 9.17) is 13.9 Å². The monoisotopic (exact) mass is 511 g/mol. The van der Waals surface area contributed by atoms with Gasteiger partial charge in [-0.1, -0.05) is 6.07 Å². The number of ether oxygens (including phenoxy) is 2. The summed E-state index contributed by atoms with van der Waals surface area (Å²) in [6.45, 7) is 6.32. The van der Waals surface area contributed by atoms with Gasteiger partial charge in [0.05, 0.1) is 11.4 Å². The molecule has 0 atom stereocenters. The minimum absolute atomic E-state index is 0.187. The standard InChI is InChI=1S/C26H29N3O4S2/c1-18-22(27-26(33-18)20-4-6-21(34-2)7-5-20)15-35-16-25(30)29-11-9-28(10-12-29)14-19-3-8-23-24(13-19)32-17-31-23/h3-8,13H,9-12,14-17H2,1-2H3. The number of aryl methyl sites for hydroxylation is 1. The largest absolute Gasteiger partial charge is 0.454 e. The molecule has 35 heavy (non-hydrogen) atoms. The zero-order valence-electron chi connectivity index (χ0n) is 20.0. The normalized spacial score (nSPS) is 15.5. The van der Waals surface area contributed by atoms with Crippen molar-refractivity contribution in [2.24, 2.45) is 0 Å². The lowest BCUT2D eigenvalue weighted by Gasteiger charge is -2.34. The number of carbonyl (C=O) groups excluding carboxylic acids is 1. The number of benzene rings is 2. The SMILES string of the molecule is CSc1ccc(-c2nc(CSCC(=O)N3CCN(Cc4ccc5c(c4)OCO5)CC3)c(C)o2)cc1. The molecule has 1 amide bonds. The number of fused-ring (bicyclic) bond motifs is 1. The van der Waals surface area contributed by atoms with Crippen molar-refractivity contribution in [2.45, 2.75) is 24.1 Å². The fourth-order valence-corrected chi connectivity index (χ4v) is 5.53. The van der Waals surface area contributed by atoms with Crippen molar-refractivity contribution in [1.82, 2.24) is 14.8 Å². The van der Waals surface area contributed by atoms with Crippen molar-refractivity contribution in [3.8, 4) is 23.0 Å². The smallest absolute Gasteiger partial charge is 0.232 e. The van der Waals surface area contributed by atoms with Gasteiger partial charge in [0.2, 0.25) is 18.6 Å². The fourth-order valence-electron chi connectivity index (χ4n) is 4.20. The Morgan fingerprint density at radius 3 is 2.57 bits per heavy atom. The van der Waals surface area contributed by atoms with Gasteiger partial charge in [0.1, 0.15) is 5.76 Å². The molecule has 2 aliphatic rings. The van der Waals surface area contributed by atoms with Gasteiger partial charge >= 0.3 is 0 Å². The van der Waals surface area contributed by atoms with Crippen molar-refractivity contribution < 1.29 is 18.7 Å². The van der Waals surface area contributed by atoms with E-state index in [1.807, 2.05) is 36.1 Å². The maximum Gasteiger partial charge on any atom is 0.232 e. The Balaban J connectivity index is 1.06. The van der Waals surface area contributed by atoms with Gasteiger partial charge in [-0.15, -0.1) is 23.5 Å². The molecule has 2 aromatic carbocycles. The van der Waals surface area contributed by atoms with Gasteiger partial charge in [0, 0.05) is 48.9 Å². The first-order valence-corrected chi connectivity index (χ1v) is 14.0. The van der Waals surface area contributed by atoms with Crippen LogP contribution in [0.1, 0.15) is 17.0 Å². The molecule has 3 heterocycles. The first-order chi connectivity index (χ1) is 17.1. The Morgan fingerprint density at radius 2 is 1.80 bits per heavy atom. The number of nitrogens with zero attached hydrogens (tertiary/aromatic N) is 3. The third-order valence-electron chi connectivity index (χ3n) is 6.26. The van der Waals surface area contributed by atoms with Gasteiger partial charge in [0.15, 0.2) is 11.5 Å². The Bertz CT molecular complexity index is 1170. The maximum atomic E-state index is 12.8. The van der Waals surface area contributed by atoms with Gasteiger partial charge < -0.3 is 18.8 Å². The Kier molecular flexibility index (Phi) is 7.55. The summed E-state index contributed by atoms with van der Waals surface area (Å²) in [5.74, 6) is 4.37. The summed E-state index contributed by atoms with van der Waals surface area (Å²) >= 11 is 3.30. The molecule has 1 fully saturated rings. The highest BCUT2D eigenvalue weighted by Crippen LogP contribution is 2.33. The Morgan fingerprint density at radius 1 is 1.03 bits per heavy atom. The quantitative estimate of drug-likeness (QED) is 0.404. The predicted octanol–water partition coefficient (Wildman–Crippen LogP) is 4.68. The van der Waals surface area contributed by atoms with Crippen LogP contribution in [0, 0.1) is 6.92 Å². The number of piperazine rings is 1. The van der Waals surface area contributed by atoms with Crippen LogP contribution in [0.2, 0.25) is 0 Å². The van der Waals surface area contributed by atoms with Gasteiger partial charge in [-0.3, -0.25) is 9.69 Å². The number of hydrogen-bond acceptors (Lipinski definition) is 8. The summed E-state index contributed by atoms with van der Waals surface area (Å²) in [6.07, 6.45) is 2.06. The Labute approximate surface area is 214 Å². The van der Waals surface area contributed by atoms with E-state index in [2.05, 4.69) is 34.3 Å². The minimum Gasteiger partial charge on any atom is -0.454 e. The first-order valence-electron chi connectivity index (χ1n) is 11.7. The molecular weight excluding hydrogens is 482 g/mol. The highest BCUT2D eigenvalue weighted by Gasteiger charge is 2.22. The zero-order valence-corrected chi connectivity index (χ0v) is 21.6. The number of amides is 1. The van der Waals surface area contributed by atoms with Crippen molar-refractivity contribution in [3.63, 3.8) is 0 Å². The van der Waals surface area contributed by atoms with Gasteiger partial charge in [0.25, 0.3) is 0 Å². The molecule has 0 N–H and O–H groups in total. The van der Waals surface area contributed by atoms with E-state index in [0.29, 0.717) is 24.2 Å². The fraction of sp³-hybridized carbons (Fsp3) is 0.385. The van der Waals surface area contributed by atoms with Crippen LogP contribution >= 0.6 is 23.5 Å². The summed E-state index contributed by atoms with van der Waals surface area (Å²) in [7, 11) is 0. The molecule has 0 unspecified atom stereocenters. The van der Waals surface area contributed by atoms with Crippen LogP contribution in [-0.2, 0) is 17.1 Å². The van der Waals surface area contributed by atoms with Gasteiger partial charge in [-0.05, 0) is 55.1 Å². The van der Waals surface area contributed by atoms with E-state index in [0.717, 1.165) is 61.2 Å². The number of aromatic nitrogens is 1. The number of thioether (sulfide) groups is 2. The number of rotatable bonds is 8. The molecule has 9 heteroatoms. The lowest BCUT2D eigenvalue weighted by molar-refractivity contribution is -0.130. The summed E-state index contributed by atoms with van der Waals surface area (Å²) in [5, 5.41) is 0. The number of oxazole rings is 1. The molecule has 1 saturated heterocycles. The highest BCUT2D eigenvalue weighted by molar-refractivity contribution is 7.99. The molecule has 2 aliphatic heterocycles. The van der Waals surface area contributed by atoms with Crippen LogP contribution in [0.5, 0.6) is 11.5 Å². The summed E-state index contributed by atoms with van der Waals surface area (Å²) < 4.78 is 16.8. The van der Waals surface area contributed by atoms with Gasteiger partial charge in [-0.2, -0.15) is 0 Å². The maximum absolute atomic E-state index is 12.8. The second kappa shape index (κ2) is 11.0. The van der Waals surface area contributed by atoms with Crippen molar-refractivity contribution in [2.75, 3.05) is 45.0 Å². The summed E-state index contributed by atoms with van der Waals surface area (Å²) in [4.78, 5) is 23.0. The molecular formula is C26H29N3O4S2. The number of carbonyl (C=O) groups is 1. The molecule has 0 saturated carbocycles. The van der Waals surface area contributed by atoms with E-state index in [9.17, 15) is 4.79 Å². The lowest BCUT2D eigenvalue weighted by atomic mass is 10.1. The topological polar surface area (TPSA) is 68.0 Å². The average Bonchev–Trinajstić information content (AvgIpc) is 3.50. The van der Waals surface area contributed by atoms with E-state index >= 15 is 0 Å². The van der Waals surface area contributed by atoms with Gasteiger partial charge in [-0.25, -0.2) is 4.98 Å². The second-order valence-corrected chi connectivity index (χ2v) is 10.5. The highest BCUT2D eigenvalue weighted by atomic mass is 32.2. The average molecular weight is 512 g/mol. The van der Waals surface area contributed by atoms with Crippen molar-refractivity contribution in [3.05, 3.63) is 59.5 Å². The zero-order chi connectivity index (χ0) is 24.2. The predicted molar refractivity (Wildman–Crippen MR) is 139 cm³/mol. The van der Waals surface area contributed by atoms with E-state index in [1.165, 1.54) is 10.5 Å². The van der Waals surface area contributed by atoms with E-state index < -0.39 is 0 Å². The molecule has 0 spiro atoms. The Hall–Kier alpha value is -2.62. The lowest BCUT2D eigenvalue weighted by Crippen LogP contribution is -2.48. The molecule has 0 radical (unpaired) electrons. The summed E-state index contributed by atoms with van der Waals surface area (Å²) in [6, 6.07) is 14.3. The summed E-state index contributed by atoms with van der Waals surface area (Å²) in [5.41, 5.74) is 3.07. The third-order valence-corrected chi connectivity index (χ3v) is 7.93. The van der Waals surface area contributed by atoms with Crippen molar-refractivity contribution >= 4 is 29.4 Å². The second-order valence-electron chi connectivity index (χ2n) is 8.59. The molecule has 3 aromatic rings. The molecule has 0 aliphatic carbocycles. The van der Waals surface area contributed by atoms with Crippen LogP contribution in [0.3, 0.4) is 0 Å². The van der Waals surface area contributed by atoms with Crippen LogP contribution < -0.4 is 9.47 Å². The molecule has 0 bridgehead atoms. The van der Waals surface area contributed by atoms with Crippen molar-refractivity contribution in [1.29, 1.82) is 0 Å². The number of hydrogen-bond donors (Lipinski definition) is 0. The van der Waals surface area contributed by atoms with Crippen LogP contribution in [0.25, 0.3) is 11.5 Å². The van der Waals surface area contributed by atoms with Crippen LogP contribution in [0.4, 0.5) is 0 Å². The molecule has 184 valence electrons. The van der Waals surface area contributed by atoms with E-state index in [-0.39, 0.29) is 5.91 Å². The van der Waals surface area contributed by atoms with Crippen LogP contribution in [0.15, 0.2) is 51.8 Å². The molecule has 5 rings (SSSR count). The van der Waals surface area contributed by atoms with Crippen LogP contribution in [-0.4, -0.2) is 65.7 Å². The molecule has 1 aromatic heterocycles. The third kappa shape index (κ3) is 5.79. The molecule has 7 nitrogen and oxygen atoms in total. The first kappa shape index (κ1) is 24.1. The minimum atomic E-state index is 0.187. The van der Waals surface area contributed by atoms with E-state index in [1.54, 1.807) is 23.5 Å².